The lowest BCUT2D eigenvalue weighted by atomic mass is 10.1. The standard InChI is InChI=1S/C26H23F3N4O4/c1-4-37-25-31-23(16-7-5-8-17(15-16)26(27,28)29)33(32-25)19-13-11-18(12-14-19)30-24(34)22-20(35-2)9-6-10-21(22)36-3/h5-15H,4H2,1-3H3,(H,30,34). The molecular formula is C26H23F3N4O4. The van der Waals surface area contributed by atoms with Gasteiger partial charge in [0, 0.05) is 11.3 Å². The third-order valence-corrected chi connectivity index (χ3v) is 5.33. The van der Waals surface area contributed by atoms with Crippen LogP contribution in [0, 0.1) is 0 Å². The van der Waals surface area contributed by atoms with Crippen LogP contribution in [0.4, 0.5) is 18.9 Å². The smallest absolute Gasteiger partial charge is 0.416 e. The predicted molar refractivity (Wildman–Crippen MR) is 130 cm³/mol. The number of carbonyl (C=O) groups excluding carboxylic acids is 1. The van der Waals surface area contributed by atoms with Crippen molar-refractivity contribution in [2.45, 2.75) is 13.1 Å². The number of amides is 1. The van der Waals surface area contributed by atoms with Gasteiger partial charge < -0.3 is 19.5 Å². The summed E-state index contributed by atoms with van der Waals surface area (Å²) in [5.41, 5.74) is 0.614. The third-order valence-electron chi connectivity index (χ3n) is 5.33. The molecular weight excluding hydrogens is 489 g/mol. The van der Waals surface area contributed by atoms with Crippen LogP contribution in [-0.4, -0.2) is 41.5 Å². The monoisotopic (exact) mass is 512 g/mol. The van der Waals surface area contributed by atoms with Crippen LogP contribution in [0.3, 0.4) is 0 Å². The predicted octanol–water partition coefficient (Wildman–Crippen LogP) is 5.62. The number of benzene rings is 3. The Morgan fingerprint density at radius 2 is 1.62 bits per heavy atom. The maximum absolute atomic E-state index is 13.3. The SMILES string of the molecule is CCOc1nc(-c2cccc(C(F)(F)F)c2)n(-c2ccc(NC(=O)c3c(OC)cccc3OC)cc2)n1. The van der Waals surface area contributed by atoms with Crippen LogP contribution < -0.4 is 19.5 Å². The lowest BCUT2D eigenvalue weighted by Gasteiger charge is -2.13. The number of alkyl halides is 3. The third kappa shape index (κ3) is 5.50. The van der Waals surface area contributed by atoms with Crippen molar-refractivity contribution in [3.05, 3.63) is 77.9 Å². The first-order chi connectivity index (χ1) is 17.7. The van der Waals surface area contributed by atoms with E-state index in [0.29, 0.717) is 22.9 Å². The van der Waals surface area contributed by atoms with Gasteiger partial charge in [-0.1, -0.05) is 18.2 Å². The van der Waals surface area contributed by atoms with Crippen molar-refractivity contribution in [3.8, 4) is 34.6 Å². The maximum atomic E-state index is 13.3. The molecule has 0 saturated heterocycles. The van der Waals surface area contributed by atoms with Gasteiger partial charge in [0.25, 0.3) is 5.91 Å². The van der Waals surface area contributed by atoms with Gasteiger partial charge in [-0.05, 0) is 55.5 Å². The molecule has 0 aliphatic heterocycles. The molecule has 1 amide bonds. The van der Waals surface area contributed by atoms with Gasteiger partial charge in [-0.25, -0.2) is 4.68 Å². The molecule has 1 N–H and O–H groups in total. The fourth-order valence-electron chi connectivity index (χ4n) is 3.64. The topological polar surface area (TPSA) is 87.5 Å². The molecule has 1 heterocycles. The van der Waals surface area contributed by atoms with Gasteiger partial charge in [-0.2, -0.15) is 18.2 Å². The van der Waals surface area contributed by atoms with Crippen LogP contribution in [0.2, 0.25) is 0 Å². The molecule has 3 aromatic carbocycles. The normalized spacial score (nSPS) is 11.2. The van der Waals surface area contributed by atoms with Gasteiger partial charge in [0.1, 0.15) is 17.1 Å². The van der Waals surface area contributed by atoms with Crippen molar-refractivity contribution in [1.29, 1.82) is 0 Å². The summed E-state index contributed by atoms with van der Waals surface area (Å²) >= 11 is 0. The molecule has 0 saturated carbocycles. The summed E-state index contributed by atoms with van der Waals surface area (Å²) in [5, 5.41) is 7.09. The lowest BCUT2D eigenvalue weighted by Crippen LogP contribution is -2.14. The number of carbonyl (C=O) groups is 1. The van der Waals surface area contributed by atoms with Gasteiger partial charge in [0.05, 0.1) is 32.1 Å². The maximum Gasteiger partial charge on any atom is 0.416 e. The second kappa shape index (κ2) is 10.6. The highest BCUT2D eigenvalue weighted by Gasteiger charge is 2.31. The minimum absolute atomic E-state index is 0.0237. The Morgan fingerprint density at radius 3 is 2.22 bits per heavy atom. The molecule has 4 rings (SSSR count). The summed E-state index contributed by atoms with van der Waals surface area (Å²) in [6.45, 7) is 2.03. The average Bonchev–Trinajstić information content (AvgIpc) is 3.32. The second-order valence-corrected chi connectivity index (χ2v) is 7.68. The molecule has 37 heavy (non-hydrogen) atoms. The quantitative estimate of drug-likeness (QED) is 0.330. The van der Waals surface area contributed by atoms with Gasteiger partial charge in [-0.15, -0.1) is 5.10 Å². The van der Waals surface area contributed by atoms with E-state index in [2.05, 4.69) is 15.4 Å². The van der Waals surface area contributed by atoms with E-state index in [-0.39, 0.29) is 29.6 Å². The molecule has 0 unspecified atom stereocenters. The minimum atomic E-state index is -4.51. The Morgan fingerprint density at radius 1 is 0.973 bits per heavy atom. The molecule has 0 aliphatic carbocycles. The highest BCUT2D eigenvalue weighted by Crippen LogP contribution is 2.33. The van der Waals surface area contributed by atoms with Gasteiger partial charge >= 0.3 is 12.2 Å². The van der Waals surface area contributed by atoms with E-state index in [0.717, 1.165) is 12.1 Å². The Bertz CT molecular complexity index is 1380. The molecule has 0 radical (unpaired) electrons. The van der Waals surface area contributed by atoms with E-state index in [1.165, 1.54) is 31.0 Å². The number of aromatic nitrogens is 3. The van der Waals surface area contributed by atoms with Crippen molar-refractivity contribution < 1.29 is 32.2 Å². The Labute approximate surface area is 210 Å². The van der Waals surface area contributed by atoms with Crippen molar-refractivity contribution in [2.24, 2.45) is 0 Å². The summed E-state index contributed by atoms with van der Waals surface area (Å²) in [7, 11) is 2.91. The molecule has 0 fully saturated rings. The van der Waals surface area contributed by atoms with Crippen LogP contribution in [0.5, 0.6) is 17.5 Å². The van der Waals surface area contributed by atoms with E-state index in [1.54, 1.807) is 49.4 Å². The zero-order chi connectivity index (χ0) is 26.6. The zero-order valence-corrected chi connectivity index (χ0v) is 20.2. The second-order valence-electron chi connectivity index (χ2n) is 7.68. The molecule has 0 spiro atoms. The lowest BCUT2D eigenvalue weighted by molar-refractivity contribution is -0.137. The highest BCUT2D eigenvalue weighted by molar-refractivity contribution is 6.08. The fourth-order valence-corrected chi connectivity index (χ4v) is 3.64. The highest BCUT2D eigenvalue weighted by atomic mass is 19.4. The van der Waals surface area contributed by atoms with Crippen LogP contribution in [0.25, 0.3) is 17.1 Å². The van der Waals surface area contributed by atoms with E-state index in [1.807, 2.05) is 0 Å². The molecule has 4 aromatic rings. The Balaban J connectivity index is 1.66. The Kier molecular flexibility index (Phi) is 7.32. The van der Waals surface area contributed by atoms with Crippen molar-refractivity contribution >= 4 is 11.6 Å². The first-order valence-corrected chi connectivity index (χ1v) is 11.2. The number of nitrogens with one attached hydrogen (secondary N) is 1. The van der Waals surface area contributed by atoms with Crippen molar-refractivity contribution in [3.63, 3.8) is 0 Å². The first-order valence-electron chi connectivity index (χ1n) is 11.2. The summed E-state index contributed by atoms with van der Waals surface area (Å²) in [4.78, 5) is 17.2. The number of hydrogen-bond acceptors (Lipinski definition) is 6. The molecule has 0 aliphatic rings. The molecule has 1 aromatic heterocycles. The Hall–Kier alpha value is -4.54. The largest absolute Gasteiger partial charge is 0.496 e. The van der Waals surface area contributed by atoms with Crippen LogP contribution in [0.1, 0.15) is 22.8 Å². The number of halogens is 3. The zero-order valence-electron chi connectivity index (χ0n) is 20.2. The van der Waals surface area contributed by atoms with Crippen LogP contribution >= 0.6 is 0 Å². The van der Waals surface area contributed by atoms with E-state index in [9.17, 15) is 18.0 Å². The van der Waals surface area contributed by atoms with Gasteiger partial charge in [-0.3, -0.25) is 4.79 Å². The number of nitrogens with zero attached hydrogens (tertiary/aromatic N) is 3. The average molecular weight is 512 g/mol. The number of hydrogen-bond donors (Lipinski definition) is 1. The molecule has 11 heteroatoms. The van der Waals surface area contributed by atoms with Crippen molar-refractivity contribution in [2.75, 3.05) is 26.1 Å². The number of rotatable bonds is 8. The van der Waals surface area contributed by atoms with Crippen LogP contribution in [0.15, 0.2) is 66.7 Å². The van der Waals surface area contributed by atoms with E-state index in [4.69, 9.17) is 14.2 Å². The fraction of sp³-hybridized carbons (Fsp3) is 0.192. The van der Waals surface area contributed by atoms with Crippen molar-refractivity contribution in [1.82, 2.24) is 14.8 Å². The number of ether oxygens (including phenoxy) is 3. The number of methoxy groups -OCH3 is 2. The van der Waals surface area contributed by atoms with Crippen LogP contribution in [-0.2, 0) is 6.18 Å². The minimum Gasteiger partial charge on any atom is -0.496 e. The summed E-state index contributed by atoms with van der Waals surface area (Å²) < 4.78 is 57.2. The van der Waals surface area contributed by atoms with E-state index >= 15 is 0 Å². The molecule has 192 valence electrons. The summed E-state index contributed by atoms with van der Waals surface area (Å²) in [6.07, 6.45) is -4.51. The molecule has 8 nitrogen and oxygen atoms in total. The van der Waals surface area contributed by atoms with E-state index < -0.39 is 17.6 Å². The molecule has 0 atom stereocenters. The number of anilines is 1. The van der Waals surface area contributed by atoms with Gasteiger partial charge in [0.2, 0.25) is 0 Å². The van der Waals surface area contributed by atoms with Gasteiger partial charge in [0.15, 0.2) is 5.82 Å². The molecule has 0 bridgehead atoms. The first kappa shape index (κ1) is 25.5. The summed E-state index contributed by atoms with van der Waals surface area (Å²) in [5.74, 6) is 0.437. The summed E-state index contributed by atoms with van der Waals surface area (Å²) in [6, 6.07) is 16.4.